The maximum absolute atomic E-state index is 12.1. The monoisotopic (exact) mass is 313 g/mol. The topological polar surface area (TPSA) is 84.3 Å². The number of aromatic hydroxyl groups is 1. The average molecular weight is 314 g/mol. The Balaban J connectivity index is 2.34. The van der Waals surface area contributed by atoms with Gasteiger partial charge in [-0.05, 0) is 12.1 Å². The van der Waals surface area contributed by atoms with Crippen LogP contribution >= 0.6 is 23.2 Å². The molecule has 0 radical (unpaired) electrons. The lowest BCUT2D eigenvalue weighted by Crippen LogP contribution is -2.13. The number of ether oxygens (including phenoxy) is 1. The van der Waals surface area contributed by atoms with Crippen LogP contribution in [-0.4, -0.2) is 28.1 Å². The minimum absolute atomic E-state index is 0.000681. The standard InChI is InChI=1S/C12H9Cl2N3O3/c1-20-7-4-2-3-6(9(7)18)12(19)17-8-10(13)15-5-16-11(8)14/h2-5,18H,1H3,(H,17,19). The zero-order valence-electron chi connectivity index (χ0n) is 10.2. The molecule has 1 heterocycles. The molecule has 0 aliphatic carbocycles. The molecule has 20 heavy (non-hydrogen) atoms. The quantitative estimate of drug-likeness (QED) is 0.851. The Morgan fingerprint density at radius 3 is 2.55 bits per heavy atom. The minimum atomic E-state index is -0.611. The predicted molar refractivity (Wildman–Crippen MR) is 74.7 cm³/mol. The Bertz CT molecular complexity index is 644. The molecule has 1 aromatic carbocycles. The number of phenols is 1. The second-order valence-corrected chi connectivity index (χ2v) is 4.36. The van der Waals surface area contributed by atoms with Gasteiger partial charge in [-0.3, -0.25) is 4.79 Å². The first kappa shape index (κ1) is 14.4. The summed E-state index contributed by atoms with van der Waals surface area (Å²) < 4.78 is 4.93. The number of carbonyl (C=O) groups is 1. The first-order chi connectivity index (χ1) is 9.54. The van der Waals surface area contributed by atoms with Crippen LogP contribution in [0.15, 0.2) is 24.5 Å². The smallest absolute Gasteiger partial charge is 0.259 e. The van der Waals surface area contributed by atoms with Gasteiger partial charge in [-0.2, -0.15) is 0 Å². The van der Waals surface area contributed by atoms with Gasteiger partial charge in [0.1, 0.15) is 12.0 Å². The number of aromatic nitrogens is 2. The predicted octanol–water partition coefficient (Wildman–Crippen LogP) is 2.75. The van der Waals surface area contributed by atoms with Gasteiger partial charge in [0, 0.05) is 0 Å². The molecule has 1 aromatic heterocycles. The van der Waals surface area contributed by atoms with E-state index in [4.69, 9.17) is 27.9 Å². The van der Waals surface area contributed by atoms with Crippen LogP contribution in [0.25, 0.3) is 0 Å². The lowest BCUT2D eigenvalue weighted by molar-refractivity contribution is 0.102. The van der Waals surface area contributed by atoms with Crippen molar-refractivity contribution in [2.75, 3.05) is 12.4 Å². The maximum atomic E-state index is 12.1. The Labute approximate surface area is 124 Å². The number of para-hydroxylation sites is 1. The number of hydrogen-bond donors (Lipinski definition) is 2. The summed E-state index contributed by atoms with van der Waals surface area (Å²) >= 11 is 11.6. The van der Waals surface area contributed by atoms with Crippen molar-refractivity contribution in [1.82, 2.24) is 9.97 Å². The lowest BCUT2D eigenvalue weighted by Gasteiger charge is -2.10. The largest absolute Gasteiger partial charge is 0.504 e. The fourth-order valence-electron chi connectivity index (χ4n) is 1.50. The van der Waals surface area contributed by atoms with Gasteiger partial charge in [-0.1, -0.05) is 29.3 Å². The molecule has 1 amide bonds. The minimum Gasteiger partial charge on any atom is -0.504 e. The zero-order chi connectivity index (χ0) is 14.7. The van der Waals surface area contributed by atoms with Crippen molar-refractivity contribution in [3.8, 4) is 11.5 Å². The van der Waals surface area contributed by atoms with E-state index in [-0.39, 0.29) is 33.1 Å². The molecule has 0 bridgehead atoms. The van der Waals surface area contributed by atoms with Crippen molar-refractivity contribution in [3.05, 3.63) is 40.4 Å². The van der Waals surface area contributed by atoms with Crippen LogP contribution in [0.1, 0.15) is 10.4 Å². The molecule has 0 atom stereocenters. The zero-order valence-corrected chi connectivity index (χ0v) is 11.7. The molecule has 0 aliphatic heterocycles. The van der Waals surface area contributed by atoms with Gasteiger partial charge in [0.05, 0.1) is 12.7 Å². The van der Waals surface area contributed by atoms with Crippen LogP contribution in [0, 0.1) is 0 Å². The normalized spacial score (nSPS) is 10.2. The van der Waals surface area contributed by atoms with Gasteiger partial charge in [0.15, 0.2) is 21.8 Å². The molecule has 0 spiro atoms. The second kappa shape index (κ2) is 5.94. The molecule has 0 fully saturated rings. The van der Waals surface area contributed by atoms with E-state index < -0.39 is 5.91 Å². The molecule has 0 saturated heterocycles. The van der Waals surface area contributed by atoms with E-state index in [9.17, 15) is 9.90 Å². The molecule has 0 saturated carbocycles. The number of anilines is 1. The summed E-state index contributed by atoms with van der Waals surface area (Å²) in [7, 11) is 1.38. The van der Waals surface area contributed by atoms with E-state index in [1.807, 2.05) is 0 Å². The van der Waals surface area contributed by atoms with Crippen LogP contribution in [0.5, 0.6) is 11.5 Å². The fourth-order valence-corrected chi connectivity index (χ4v) is 1.91. The summed E-state index contributed by atoms with van der Waals surface area (Å²) in [6, 6.07) is 4.52. The van der Waals surface area contributed by atoms with Gasteiger partial charge < -0.3 is 15.2 Å². The Morgan fingerprint density at radius 2 is 1.95 bits per heavy atom. The van der Waals surface area contributed by atoms with Crippen molar-refractivity contribution in [1.29, 1.82) is 0 Å². The van der Waals surface area contributed by atoms with E-state index in [0.717, 1.165) is 0 Å². The fraction of sp³-hybridized carbons (Fsp3) is 0.0833. The van der Waals surface area contributed by atoms with Crippen molar-refractivity contribution < 1.29 is 14.6 Å². The van der Waals surface area contributed by atoms with Crippen LogP contribution in [0.4, 0.5) is 5.69 Å². The number of nitrogens with one attached hydrogen (secondary N) is 1. The number of amides is 1. The highest BCUT2D eigenvalue weighted by Crippen LogP contribution is 2.31. The van der Waals surface area contributed by atoms with Gasteiger partial charge >= 0.3 is 0 Å². The molecule has 6 nitrogen and oxygen atoms in total. The highest BCUT2D eigenvalue weighted by molar-refractivity contribution is 6.38. The summed E-state index contributed by atoms with van der Waals surface area (Å²) in [6.07, 6.45) is 1.17. The van der Waals surface area contributed by atoms with Crippen molar-refractivity contribution in [3.63, 3.8) is 0 Å². The second-order valence-electron chi connectivity index (χ2n) is 3.64. The molecule has 2 N–H and O–H groups in total. The van der Waals surface area contributed by atoms with Crippen molar-refractivity contribution >= 4 is 34.8 Å². The number of nitrogens with zero attached hydrogens (tertiary/aromatic N) is 2. The highest BCUT2D eigenvalue weighted by Gasteiger charge is 2.18. The molecule has 0 aliphatic rings. The molecule has 8 heteroatoms. The Kier molecular flexibility index (Phi) is 4.26. The van der Waals surface area contributed by atoms with Crippen molar-refractivity contribution in [2.45, 2.75) is 0 Å². The van der Waals surface area contributed by atoms with Gasteiger partial charge in [-0.15, -0.1) is 0 Å². The molecule has 2 aromatic rings. The molecule has 0 unspecified atom stereocenters. The Hall–Kier alpha value is -2.05. The van der Waals surface area contributed by atoms with Crippen molar-refractivity contribution in [2.24, 2.45) is 0 Å². The van der Waals surface area contributed by atoms with E-state index in [0.29, 0.717) is 0 Å². The van der Waals surface area contributed by atoms with Gasteiger partial charge in [-0.25, -0.2) is 9.97 Å². The summed E-state index contributed by atoms with van der Waals surface area (Å²) in [6.45, 7) is 0. The number of methoxy groups -OCH3 is 1. The first-order valence-corrected chi connectivity index (χ1v) is 6.13. The molecular formula is C12H9Cl2N3O3. The van der Waals surface area contributed by atoms with E-state index >= 15 is 0 Å². The summed E-state index contributed by atoms with van der Waals surface area (Å²) in [5, 5.41) is 12.3. The number of hydrogen-bond acceptors (Lipinski definition) is 5. The van der Waals surface area contributed by atoms with Crippen LogP contribution in [0.3, 0.4) is 0 Å². The van der Waals surface area contributed by atoms with Crippen LogP contribution < -0.4 is 10.1 Å². The third-order valence-corrected chi connectivity index (χ3v) is 3.03. The first-order valence-electron chi connectivity index (χ1n) is 5.38. The highest BCUT2D eigenvalue weighted by atomic mass is 35.5. The average Bonchev–Trinajstić information content (AvgIpc) is 2.43. The number of benzene rings is 1. The SMILES string of the molecule is COc1cccc(C(=O)Nc2c(Cl)ncnc2Cl)c1O. The maximum Gasteiger partial charge on any atom is 0.259 e. The van der Waals surface area contributed by atoms with Crippen LogP contribution in [0.2, 0.25) is 10.3 Å². The molecule has 104 valence electrons. The van der Waals surface area contributed by atoms with E-state index in [2.05, 4.69) is 15.3 Å². The van der Waals surface area contributed by atoms with Gasteiger partial charge in [0.2, 0.25) is 0 Å². The van der Waals surface area contributed by atoms with Gasteiger partial charge in [0.25, 0.3) is 5.91 Å². The van der Waals surface area contributed by atoms with E-state index in [1.165, 1.54) is 25.6 Å². The number of halogens is 2. The number of phenolic OH excluding ortho intramolecular Hbond substituents is 1. The number of rotatable bonds is 3. The Morgan fingerprint density at radius 1 is 1.30 bits per heavy atom. The summed E-state index contributed by atoms with van der Waals surface area (Å²) in [4.78, 5) is 19.5. The third-order valence-electron chi connectivity index (χ3n) is 2.46. The summed E-state index contributed by atoms with van der Waals surface area (Å²) in [5.41, 5.74) is 0.0865. The third kappa shape index (κ3) is 2.76. The number of carbonyl (C=O) groups excluding carboxylic acids is 1. The van der Waals surface area contributed by atoms with Crippen LogP contribution in [-0.2, 0) is 0 Å². The lowest BCUT2D eigenvalue weighted by atomic mass is 10.1. The summed E-state index contributed by atoms with van der Waals surface area (Å²) in [5.74, 6) is -0.712. The van der Waals surface area contributed by atoms with E-state index in [1.54, 1.807) is 6.07 Å². The molecular weight excluding hydrogens is 305 g/mol. The molecule has 2 rings (SSSR count).